The second kappa shape index (κ2) is 5.67. The number of aromatic amines is 1. The molecule has 2 aromatic rings. The van der Waals surface area contributed by atoms with Crippen molar-refractivity contribution in [3.05, 3.63) is 28.5 Å². The van der Waals surface area contributed by atoms with Gasteiger partial charge in [0.2, 0.25) is 0 Å². The van der Waals surface area contributed by atoms with E-state index < -0.39 is 11.9 Å². The van der Waals surface area contributed by atoms with Gasteiger partial charge in [-0.25, -0.2) is 0 Å². The maximum absolute atomic E-state index is 12.6. The monoisotopic (exact) mass is 331 g/mol. The molecule has 3 rings (SSSR count). The Hall–Kier alpha value is -1.97. The Morgan fingerprint density at radius 2 is 2.27 bits per heavy atom. The van der Waals surface area contributed by atoms with Crippen LogP contribution in [0.5, 0.6) is 0 Å². The Kier molecular flexibility index (Phi) is 3.85. The average Bonchev–Trinajstić information content (AvgIpc) is 3.17. The number of nitrogens with zero attached hydrogens (tertiary/aromatic N) is 4. The number of likely N-dealkylation sites (tertiary alicyclic amines) is 1. The van der Waals surface area contributed by atoms with Crippen molar-refractivity contribution in [2.45, 2.75) is 24.9 Å². The quantitative estimate of drug-likeness (QED) is 0.916. The first-order valence-electron chi connectivity index (χ1n) is 6.64. The second-order valence-electron chi connectivity index (χ2n) is 5.09. The summed E-state index contributed by atoms with van der Waals surface area (Å²) in [6, 6.07) is 1.02. The summed E-state index contributed by atoms with van der Waals surface area (Å²) in [7, 11) is 0. The predicted molar refractivity (Wildman–Crippen MR) is 71.4 cm³/mol. The highest BCUT2D eigenvalue weighted by Crippen LogP contribution is 2.32. The minimum Gasteiger partial charge on any atom is -0.337 e. The summed E-state index contributed by atoms with van der Waals surface area (Å²) >= 11 is 1.09. The van der Waals surface area contributed by atoms with E-state index in [9.17, 15) is 18.0 Å². The molecule has 6 nitrogen and oxygen atoms in total. The highest BCUT2D eigenvalue weighted by atomic mass is 32.1. The molecule has 0 radical (unpaired) electrons. The van der Waals surface area contributed by atoms with Gasteiger partial charge in [0, 0.05) is 30.1 Å². The molecule has 1 amide bonds. The summed E-state index contributed by atoms with van der Waals surface area (Å²) in [6.45, 7) is 0.906. The minimum atomic E-state index is -4.47. The maximum atomic E-state index is 12.6. The molecule has 0 spiro atoms. The summed E-state index contributed by atoms with van der Waals surface area (Å²) in [5.74, 6) is -0.429. The van der Waals surface area contributed by atoms with Crippen LogP contribution in [0.25, 0.3) is 0 Å². The molecule has 1 N–H and O–H groups in total. The van der Waals surface area contributed by atoms with Gasteiger partial charge in [-0.15, -0.1) is 5.10 Å². The topological polar surface area (TPSA) is 74.8 Å². The lowest BCUT2D eigenvalue weighted by atomic mass is 9.94. The Labute approximate surface area is 127 Å². The first-order chi connectivity index (χ1) is 10.4. The molecule has 1 saturated heterocycles. The predicted octanol–water partition coefficient (Wildman–Crippen LogP) is 2.30. The molecule has 118 valence electrons. The number of alkyl halides is 3. The zero-order valence-electron chi connectivity index (χ0n) is 11.3. The molecule has 0 bridgehead atoms. The third-order valence-corrected chi connectivity index (χ3v) is 4.12. The number of halogens is 3. The normalized spacial score (nSPS) is 19.4. The van der Waals surface area contributed by atoms with Gasteiger partial charge in [-0.05, 0) is 30.4 Å². The number of H-pyrrole nitrogens is 1. The van der Waals surface area contributed by atoms with Crippen LogP contribution in [0.2, 0.25) is 0 Å². The molecule has 1 aliphatic heterocycles. The highest BCUT2D eigenvalue weighted by molar-refractivity contribution is 7.03. The van der Waals surface area contributed by atoms with E-state index in [4.69, 9.17) is 0 Å². The molecule has 1 unspecified atom stereocenters. The zero-order chi connectivity index (χ0) is 15.7. The number of carbonyl (C=O) groups excluding carboxylic acids is 1. The fraction of sp³-hybridized carbons (Fsp3) is 0.500. The van der Waals surface area contributed by atoms with Gasteiger partial charge in [0.25, 0.3) is 5.91 Å². The molecule has 1 atom stereocenters. The third-order valence-electron chi connectivity index (χ3n) is 3.62. The number of nitrogens with one attached hydrogen (secondary N) is 1. The van der Waals surface area contributed by atoms with E-state index in [-0.39, 0.29) is 17.5 Å². The molecule has 22 heavy (non-hydrogen) atoms. The van der Waals surface area contributed by atoms with Gasteiger partial charge in [0.05, 0.1) is 0 Å². The lowest BCUT2D eigenvalue weighted by Gasteiger charge is -2.31. The lowest BCUT2D eigenvalue weighted by Crippen LogP contribution is -2.39. The Morgan fingerprint density at radius 3 is 2.91 bits per heavy atom. The van der Waals surface area contributed by atoms with E-state index in [1.807, 2.05) is 0 Å². The van der Waals surface area contributed by atoms with Crippen molar-refractivity contribution in [3.63, 3.8) is 0 Å². The average molecular weight is 331 g/mol. The number of piperidine rings is 1. The van der Waals surface area contributed by atoms with Crippen LogP contribution < -0.4 is 0 Å². The fourth-order valence-corrected chi connectivity index (χ4v) is 2.96. The maximum Gasteiger partial charge on any atom is 0.435 e. The van der Waals surface area contributed by atoms with Crippen LogP contribution in [0.4, 0.5) is 13.2 Å². The third kappa shape index (κ3) is 2.96. The van der Waals surface area contributed by atoms with Crippen molar-refractivity contribution in [3.8, 4) is 0 Å². The van der Waals surface area contributed by atoms with Crippen molar-refractivity contribution < 1.29 is 18.0 Å². The van der Waals surface area contributed by atoms with Gasteiger partial charge < -0.3 is 4.90 Å². The molecule has 10 heteroatoms. The van der Waals surface area contributed by atoms with Crippen LogP contribution in [-0.4, -0.2) is 43.7 Å². The Morgan fingerprint density at radius 1 is 1.45 bits per heavy atom. The van der Waals surface area contributed by atoms with Crippen LogP contribution in [0.1, 0.15) is 40.6 Å². The molecule has 1 aliphatic rings. The SMILES string of the molecule is O=C(c1csnn1)N1CCCC(c2cc(C(F)(F)F)n[nH]2)C1. The minimum absolute atomic E-state index is 0.187. The van der Waals surface area contributed by atoms with E-state index in [0.29, 0.717) is 31.6 Å². The smallest absolute Gasteiger partial charge is 0.337 e. The van der Waals surface area contributed by atoms with Gasteiger partial charge in [-0.2, -0.15) is 18.3 Å². The van der Waals surface area contributed by atoms with Gasteiger partial charge in [0.15, 0.2) is 11.4 Å². The summed E-state index contributed by atoms with van der Waals surface area (Å²) in [5, 5.41) is 11.0. The largest absolute Gasteiger partial charge is 0.435 e. The van der Waals surface area contributed by atoms with Gasteiger partial charge in [-0.3, -0.25) is 9.89 Å². The number of amides is 1. The lowest BCUT2D eigenvalue weighted by molar-refractivity contribution is -0.141. The van der Waals surface area contributed by atoms with E-state index in [0.717, 1.165) is 17.6 Å². The zero-order valence-corrected chi connectivity index (χ0v) is 12.1. The first kappa shape index (κ1) is 14.9. The van der Waals surface area contributed by atoms with Crippen LogP contribution in [0, 0.1) is 0 Å². The fourth-order valence-electron chi connectivity index (χ4n) is 2.53. The number of hydrogen-bond donors (Lipinski definition) is 1. The molecule has 0 aromatic carbocycles. The van der Waals surface area contributed by atoms with Gasteiger partial charge in [-0.1, -0.05) is 4.49 Å². The van der Waals surface area contributed by atoms with Crippen molar-refractivity contribution in [1.82, 2.24) is 24.7 Å². The van der Waals surface area contributed by atoms with E-state index in [1.54, 1.807) is 10.3 Å². The van der Waals surface area contributed by atoms with Crippen LogP contribution >= 0.6 is 11.5 Å². The van der Waals surface area contributed by atoms with Crippen molar-refractivity contribution in [2.24, 2.45) is 0 Å². The summed E-state index contributed by atoms with van der Waals surface area (Å²) in [6.07, 6.45) is -3.04. The number of carbonyl (C=O) groups is 1. The van der Waals surface area contributed by atoms with E-state index >= 15 is 0 Å². The number of aromatic nitrogens is 4. The second-order valence-corrected chi connectivity index (χ2v) is 5.70. The Bertz CT molecular complexity index is 654. The van der Waals surface area contributed by atoms with Crippen molar-refractivity contribution in [1.29, 1.82) is 0 Å². The van der Waals surface area contributed by atoms with Crippen LogP contribution in [0.15, 0.2) is 11.4 Å². The molecule has 2 aromatic heterocycles. The summed E-state index contributed by atoms with van der Waals surface area (Å²) in [5.41, 5.74) is -0.262. The van der Waals surface area contributed by atoms with E-state index in [2.05, 4.69) is 19.8 Å². The highest BCUT2D eigenvalue weighted by Gasteiger charge is 2.35. The van der Waals surface area contributed by atoms with Crippen LogP contribution in [0.3, 0.4) is 0 Å². The molecular weight excluding hydrogens is 319 g/mol. The van der Waals surface area contributed by atoms with Crippen LogP contribution in [-0.2, 0) is 6.18 Å². The molecular formula is C12H12F3N5OS. The molecule has 0 aliphatic carbocycles. The standard InChI is InChI=1S/C12H12F3N5OS/c13-12(14,15)10-4-8(16-18-10)7-2-1-3-20(5-7)11(21)9-6-22-19-17-9/h4,6-7H,1-3,5H2,(H,16,18). The van der Waals surface area contributed by atoms with Crippen molar-refractivity contribution in [2.75, 3.05) is 13.1 Å². The summed E-state index contributed by atoms with van der Waals surface area (Å²) < 4.78 is 41.4. The molecule has 0 saturated carbocycles. The van der Waals surface area contributed by atoms with Crippen molar-refractivity contribution >= 4 is 17.4 Å². The summed E-state index contributed by atoms with van der Waals surface area (Å²) in [4.78, 5) is 13.8. The van der Waals surface area contributed by atoms with Gasteiger partial charge >= 0.3 is 6.18 Å². The van der Waals surface area contributed by atoms with Gasteiger partial charge in [0.1, 0.15) is 0 Å². The Balaban J connectivity index is 1.73. The first-order valence-corrected chi connectivity index (χ1v) is 7.47. The number of hydrogen-bond acceptors (Lipinski definition) is 5. The van der Waals surface area contributed by atoms with E-state index in [1.165, 1.54) is 0 Å². The number of rotatable bonds is 2. The molecule has 3 heterocycles. The molecule has 1 fully saturated rings.